The van der Waals surface area contributed by atoms with Crippen molar-refractivity contribution < 1.29 is 14.3 Å². The first-order valence-corrected chi connectivity index (χ1v) is 4.21. The van der Waals surface area contributed by atoms with Crippen LogP contribution in [0.25, 0.3) is 0 Å². The third-order valence-electron chi connectivity index (χ3n) is 2.32. The van der Waals surface area contributed by atoms with Crippen LogP contribution in [0, 0.1) is 5.92 Å². The van der Waals surface area contributed by atoms with Crippen LogP contribution in [0.3, 0.4) is 0 Å². The molecule has 0 aliphatic carbocycles. The molecule has 0 unspecified atom stereocenters. The van der Waals surface area contributed by atoms with E-state index in [4.69, 9.17) is 5.11 Å². The minimum Gasteiger partial charge on any atom is -0.480 e. The van der Waals surface area contributed by atoms with E-state index in [2.05, 4.69) is 0 Å². The molecule has 1 aliphatic rings. The second-order valence-electron chi connectivity index (χ2n) is 3.24. The van der Waals surface area contributed by atoms with Crippen LogP contribution in [0.5, 0.6) is 0 Å². The number of hydrogen-bond donors (Lipinski definition) is 1. The molecule has 0 radical (unpaired) electrons. The number of halogens is 1. The van der Waals surface area contributed by atoms with Gasteiger partial charge in [0.2, 0.25) is 0 Å². The van der Waals surface area contributed by atoms with Gasteiger partial charge in [0, 0.05) is 19.0 Å². The quantitative estimate of drug-likeness (QED) is 0.685. The fourth-order valence-electron chi connectivity index (χ4n) is 1.55. The van der Waals surface area contributed by atoms with Crippen molar-refractivity contribution in [1.29, 1.82) is 0 Å². The number of alkyl halides is 1. The molecule has 0 amide bonds. The number of likely N-dealkylation sites (tertiary alicyclic amines) is 1. The van der Waals surface area contributed by atoms with Gasteiger partial charge in [0.1, 0.15) is 6.04 Å². The fraction of sp³-hybridized carbons (Fsp3) is 0.875. The summed E-state index contributed by atoms with van der Waals surface area (Å²) in [5.74, 6) is -0.729. The van der Waals surface area contributed by atoms with Crippen molar-refractivity contribution in [1.82, 2.24) is 4.90 Å². The molecule has 0 spiro atoms. The Balaban J connectivity index is 2.34. The summed E-state index contributed by atoms with van der Waals surface area (Å²) in [4.78, 5) is 12.4. The first-order chi connectivity index (χ1) is 5.69. The fourth-order valence-corrected chi connectivity index (χ4v) is 1.55. The number of carboxylic acid groups (broad SMARTS) is 1. The Kier molecular flexibility index (Phi) is 3.03. The zero-order valence-electron chi connectivity index (χ0n) is 7.16. The minimum absolute atomic E-state index is 0.0680. The Morgan fingerprint density at radius 1 is 1.75 bits per heavy atom. The molecule has 1 N–H and O–H groups in total. The summed E-state index contributed by atoms with van der Waals surface area (Å²) in [6.07, 6.45) is 0.592. The second kappa shape index (κ2) is 3.85. The van der Waals surface area contributed by atoms with Gasteiger partial charge in [-0.15, -0.1) is 0 Å². The van der Waals surface area contributed by atoms with Gasteiger partial charge in [-0.05, 0) is 6.42 Å². The maximum absolute atomic E-state index is 12.0. The maximum atomic E-state index is 12.0. The molecule has 0 bridgehead atoms. The summed E-state index contributed by atoms with van der Waals surface area (Å²) >= 11 is 0. The van der Waals surface area contributed by atoms with Gasteiger partial charge in [0.15, 0.2) is 0 Å². The number of aliphatic carboxylic acids is 1. The first kappa shape index (κ1) is 9.45. The van der Waals surface area contributed by atoms with E-state index in [9.17, 15) is 9.18 Å². The van der Waals surface area contributed by atoms with Crippen molar-refractivity contribution in [3.63, 3.8) is 0 Å². The van der Waals surface area contributed by atoms with Gasteiger partial charge in [-0.2, -0.15) is 0 Å². The molecule has 70 valence electrons. The van der Waals surface area contributed by atoms with Crippen molar-refractivity contribution in [2.75, 3.05) is 19.8 Å². The van der Waals surface area contributed by atoms with Crippen LogP contribution in [0.2, 0.25) is 0 Å². The van der Waals surface area contributed by atoms with Gasteiger partial charge in [-0.25, -0.2) is 0 Å². The molecule has 0 aromatic rings. The Morgan fingerprint density at radius 2 is 2.33 bits per heavy atom. The monoisotopic (exact) mass is 175 g/mol. The van der Waals surface area contributed by atoms with Gasteiger partial charge in [0.05, 0.1) is 6.67 Å². The molecule has 1 aliphatic heterocycles. The first-order valence-electron chi connectivity index (χ1n) is 4.21. The second-order valence-corrected chi connectivity index (χ2v) is 3.24. The normalized spacial score (nSPS) is 21.8. The molecule has 0 saturated carbocycles. The van der Waals surface area contributed by atoms with E-state index in [1.165, 1.54) is 0 Å². The third-order valence-corrected chi connectivity index (χ3v) is 2.32. The van der Waals surface area contributed by atoms with Gasteiger partial charge >= 0.3 is 5.97 Å². The SMILES string of the molecule is CC[C@@H](C(=O)O)N1CC(CF)C1. The van der Waals surface area contributed by atoms with Crippen molar-refractivity contribution in [2.45, 2.75) is 19.4 Å². The van der Waals surface area contributed by atoms with Crippen LogP contribution >= 0.6 is 0 Å². The largest absolute Gasteiger partial charge is 0.480 e. The highest BCUT2D eigenvalue weighted by atomic mass is 19.1. The molecule has 1 rings (SSSR count). The van der Waals surface area contributed by atoms with E-state index >= 15 is 0 Å². The lowest BCUT2D eigenvalue weighted by Crippen LogP contribution is -2.55. The molecule has 0 aromatic carbocycles. The molecular formula is C8H14FNO2. The molecule has 1 heterocycles. The maximum Gasteiger partial charge on any atom is 0.320 e. The zero-order chi connectivity index (χ0) is 9.14. The highest BCUT2D eigenvalue weighted by Crippen LogP contribution is 2.20. The summed E-state index contributed by atoms with van der Waals surface area (Å²) in [6.45, 7) is 2.71. The summed E-state index contributed by atoms with van der Waals surface area (Å²) in [5, 5.41) is 8.73. The van der Waals surface area contributed by atoms with E-state index in [0.29, 0.717) is 19.5 Å². The molecule has 0 aromatic heterocycles. The Hall–Kier alpha value is -0.640. The van der Waals surface area contributed by atoms with Crippen LogP contribution in [0.4, 0.5) is 4.39 Å². The zero-order valence-corrected chi connectivity index (χ0v) is 7.16. The molecule has 12 heavy (non-hydrogen) atoms. The molecule has 1 fully saturated rings. The predicted octanol–water partition coefficient (Wildman–Crippen LogP) is 0.751. The van der Waals surface area contributed by atoms with Crippen LogP contribution in [0.1, 0.15) is 13.3 Å². The summed E-state index contributed by atoms with van der Waals surface area (Å²) in [5.41, 5.74) is 0. The van der Waals surface area contributed by atoms with E-state index in [-0.39, 0.29) is 12.6 Å². The third kappa shape index (κ3) is 1.75. The highest BCUT2D eigenvalue weighted by molar-refractivity contribution is 5.73. The van der Waals surface area contributed by atoms with Crippen LogP contribution < -0.4 is 0 Å². The molecular weight excluding hydrogens is 161 g/mol. The van der Waals surface area contributed by atoms with Gasteiger partial charge in [0.25, 0.3) is 0 Å². The van der Waals surface area contributed by atoms with Gasteiger partial charge in [-0.1, -0.05) is 6.92 Å². The van der Waals surface area contributed by atoms with Crippen molar-refractivity contribution in [3.05, 3.63) is 0 Å². The predicted molar refractivity (Wildman–Crippen MR) is 42.8 cm³/mol. The standard InChI is InChI=1S/C8H14FNO2/c1-2-7(8(11)12)10-4-6(3-9)5-10/h6-7H,2-5H2,1H3,(H,11,12)/t7-/m0/s1. The Morgan fingerprint density at radius 3 is 2.67 bits per heavy atom. The Bertz CT molecular complexity index is 168. The van der Waals surface area contributed by atoms with Crippen molar-refractivity contribution in [2.24, 2.45) is 5.92 Å². The average Bonchev–Trinajstić information content (AvgIpc) is 1.94. The summed E-state index contributed by atoms with van der Waals surface area (Å²) < 4.78 is 12.0. The number of carboxylic acids is 1. The number of rotatable bonds is 4. The Labute approximate surface area is 71.2 Å². The van der Waals surface area contributed by atoms with Gasteiger partial charge in [-0.3, -0.25) is 14.1 Å². The van der Waals surface area contributed by atoms with Crippen molar-refractivity contribution >= 4 is 5.97 Å². The number of nitrogens with zero attached hydrogens (tertiary/aromatic N) is 1. The minimum atomic E-state index is -0.796. The van der Waals surface area contributed by atoms with Crippen LogP contribution in [0.15, 0.2) is 0 Å². The lowest BCUT2D eigenvalue weighted by Gasteiger charge is -2.41. The smallest absolute Gasteiger partial charge is 0.320 e. The molecule has 4 heteroatoms. The molecule has 3 nitrogen and oxygen atoms in total. The van der Waals surface area contributed by atoms with E-state index in [1.807, 2.05) is 11.8 Å². The molecule has 1 saturated heterocycles. The van der Waals surface area contributed by atoms with Crippen LogP contribution in [-0.2, 0) is 4.79 Å². The van der Waals surface area contributed by atoms with E-state index in [0.717, 1.165) is 0 Å². The van der Waals surface area contributed by atoms with E-state index in [1.54, 1.807) is 0 Å². The topological polar surface area (TPSA) is 40.5 Å². The lowest BCUT2D eigenvalue weighted by molar-refractivity contribution is -0.146. The average molecular weight is 175 g/mol. The highest BCUT2D eigenvalue weighted by Gasteiger charge is 2.34. The summed E-state index contributed by atoms with van der Waals surface area (Å²) in [7, 11) is 0. The number of carbonyl (C=O) groups is 1. The molecule has 1 atom stereocenters. The number of hydrogen-bond acceptors (Lipinski definition) is 2. The lowest BCUT2D eigenvalue weighted by atomic mass is 9.98. The summed E-state index contributed by atoms with van der Waals surface area (Å²) in [6, 6.07) is -0.409. The van der Waals surface area contributed by atoms with Gasteiger partial charge < -0.3 is 5.11 Å². The van der Waals surface area contributed by atoms with E-state index < -0.39 is 12.0 Å². The van der Waals surface area contributed by atoms with Crippen LogP contribution in [-0.4, -0.2) is 41.8 Å². The van der Waals surface area contributed by atoms with Crippen molar-refractivity contribution in [3.8, 4) is 0 Å².